The Morgan fingerprint density at radius 3 is 3.23 bits per heavy atom. The Morgan fingerprint density at radius 1 is 1.46 bits per heavy atom. The highest BCUT2D eigenvalue weighted by atomic mass is 32.1. The number of hydrogen-bond acceptors (Lipinski definition) is 3. The van der Waals surface area contributed by atoms with E-state index in [1.54, 1.807) is 11.3 Å². The second kappa shape index (κ2) is 3.68. The van der Waals surface area contributed by atoms with Crippen LogP contribution < -0.4 is 5.73 Å². The van der Waals surface area contributed by atoms with Gasteiger partial charge in [0.05, 0.1) is 15.7 Å². The van der Waals surface area contributed by atoms with Crippen LogP contribution in [0.2, 0.25) is 0 Å². The molecule has 1 aromatic carbocycles. The normalized spacial score (nSPS) is 11.5. The Hall–Kier alpha value is -1.19. The average Bonchev–Trinajstić information content (AvgIpc) is 2.61. The van der Waals surface area contributed by atoms with E-state index in [0.717, 1.165) is 11.1 Å². The molecule has 0 amide bonds. The molecule has 2 rings (SSSR count). The molecule has 3 heteroatoms. The summed E-state index contributed by atoms with van der Waals surface area (Å²) in [5.74, 6) is 0. The molecule has 0 spiro atoms. The smallest absolute Gasteiger partial charge is 0.0817 e. The number of nitrogens with zero attached hydrogens (tertiary/aromatic N) is 1. The van der Waals surface area contributed by atoms with Crippen LogP contribution in [0.25, 0.3) is 16.3 Å². The zero-order valence-electron chi connectivity index (χ0n) is 7.10. The van der Waals surface area contributed by atoms with E-state index < -0.39 is 0 Å². The SMILES string of the molecule is NC/C=C/c1ccc2scnc2c1. The summed E-state index contributed by atoms with van der Waals surface area (Å²) in [7, 11) is 0. The number of hydrogen-bond donors (Lipinski definition) is 1. The Kier molecular flexibility index (Phi) is 2.38. The summed E-state index contributed by atoms with van der Waals surface area (Å²) in [5, 5.41) is 0. The molecule has 2 aromatic rings. The summed E-state index contributed by atoms with van der Waals surface area (Å²) >= 11 is 1.66. The number of aromatic nitrogens is 1. The van der Waals surface area contributed by atoms with E-state index in [-0.39, 0.29) is 0 Å². The van der Waals surface area contributed by atoms with Crippen LogP contribution in [-0.4, -0.2) is 11.5 Å². The summed E-state index contributed by atoms with van der Waals surface area (Å²) in [5.41, 5.74) is 9.45. The van der Waals surface area contributed by atoms with E-state index in [1.807, 2.05) is 17.7 Å². The first kappa shape index (κ1) is 8.41. The van der Waals surface area contributed by atoms with E-state index >= 15 is 0 Å². The van der Waals surface area contributed by atoms with Crippen molar-refractivity contribution in [3.8, 4) is 0 Å². The highest BCUT2D eigenvalue weighted by molar-refractivity contribution is 7.16. The first-order valence-electron chi connectivity index (χ1n) is 4.10. The van der Waals surface area contributed by atoms with Gasteiger partial charge in [0.15, 0.2) is 0 Å². The van der Waals surface area contributed by atoms with E-state index in [2.05, 4.69) is 23.2 Å². The second-order valence-electron chi connectivity index (χ2n) is 2.72. The number of nitrogens with two attached hydrogens (primary N) is 1. The van der Waals surface area contributed by atoms with E-state index in [1.165, 1.54) is 4.70 Å². The lowest BCUT2D eigenvalue weighted by Gasteiger charge is -1.92. The van der Waals surface area contributed by atoms with Crippen LogP contribution in [0, 0.1) is 0 Å². The van der Waals surface area contributed by atoms with Gasteiger partial charge in [0.1, 0.15) is 0 Å². The van der Waals surface area contributed by atoms with Gasteiger partial charge >= 0.3 is 0 Å². The fraction of sp³-hybridized carbons (Fsp3) is 0.100. The summed E-state index contributed by atoms with van der Waals surface area (Å²) in [6.45, 7) is 0.578. The molecule has 0 unspecified atom stereocenters. The highest BCUT2D eigenvalue weighted by Gasteiger charge is 1.95. The van der Waals surface area contributed by atoms with E-state index in [4.69, 9.17) is 5.73 Å². The quantitative estimate of drug-likeness (QED) is 0.789. The van der Waals surface area contributed by atoms with Gasteiger partial charge in [-0.15, -0.1) is 11.3 Å². The highest BCUT2D eigenvalue weighted by Crippen LogP contribution is 2.19. The zero-order valence-corrected chi connectivity index (χ0v) is 7.92. The lowest BCUT2D eigenvalue weighted by molar-refractivity contribution is 1.26. The molecule has 0 saturated carbocycles. The minimum atomic E-state index is 0.578. The van der Waals surface area contributed by atoms with E-state index in [0.29, 0.717) is 6.54 Å². The van der Waals surface area contributed by atoms with Crippen molar-refractivity contribution >= 4 is 27.6 Å². The molecule has 0 aliphatic rings. The molecule has 0 aliphatic carbocycles. The fourth-order valence-corrected chi connectivity index (χ4v) is 1.84. The maximum atomic E-state index is 5.37. The Morgan fingerprint density at radius 2 is 2.38 bits per heavy atom. The summed E-state index contributed by atoms with van der Waals surface area (Å²) in [6, 6.07) is 6.23. The van der Waals surface area contributed by atoms with Gasteiger partial charge in [0.2, 0.25) is 0 Å². The van der Waals surface area contributed by atoms with Crippen molar-refractivity contribution in [3.63, 3.8) is 0 Å². The first-order chi connectivity index (χ1) is 6.40. The maximum absolute atomic E-state index is 5.37. The van der Waals surface area contributed by atoms with Crippen LogP contribution in [0.1, 0.15) is 5.56 Å². The molecule has 2 N–H and O–H groups in total. The Balaban J connectivity index is 2.42. The molecule has 0 bridgehead atoms. The first-order valence-corrected chi connectivity index (χ1v) is 4.98. The van der Waals surface area contributed by atoms with Crippen molar-refractivity contribution in [2.24, 2.45) is 5.73 Å². The van der Waals surface area contributed by atoms with Crippen molar-refractivity contribution < 1.29 is 0 Å². The summed E-state index contributed by atoms with van der Waals surface area (Å²) in [6.07, 6.45) is 3.95. The minimum Gasteiger partial charge on any atom is -0.327 e. The molecule has 1 aromatic heterocycles. The molecule has 1 heterocycles. The molecular weight excluding hydrogens is 180 g/mol. The Bertz CT molecular complexity index is 431. The largest absolute Gasteiger partial charge is 0.327 e. The molecule has 13 heavy (non-hydrogen) atoms. The van der Waals surface area contributed by atoms with Gasteiger partial charge < -0.3 is 5.73 Å². The predicted molar refractivity (Wildman–Crippen MR) is 57.7 cm³/mol. The lowest BCUT2D eigenvalue weighted by atomic mass is 10.2. The fourth-order valence-electron chi connectivity index (χ4n) is 1.18. The third-order valence-corrected chi connectivity index (χ3v) is 2.61. The monoisotopic (exact) mass is 190 g/mol. The Labute approximate surface area is 80.7 Å². The lowest BCUT2D eigenvalue weighted by Crippen LogP contribution is -1.91. The van der Waals surface area contributed by atoms with Crippen molar-refractivity contribution in [3.05, 3.63) is 35.3 Å². The number of rotatable bonds is 2. The van der Waals surface area contributed by atoms with Crippen molar-refractivity contribution in [2.75, 3.05) is 6.54 Å². The van der Waals surface area contributed by atoms with Crippen molar-refractivity contribution in [1.82, 2.24) is 4.98 Å². The van der Waals surface area contributed by atoms with Gasteiger partial charge in [-0.3, -0.25) is 0 Å². The van der Waals surface area contributed by atoms with Gasteiger partial charge in [0, 0.05) is 6.54 Å². The van der Waals surface area contributed by atoms with E-state index in [9.17, 15) is 0 Å². The molecule has 0 radical (unpaired) electrons. The number of thiazole rings is 1. The number of fused-ring (bicyclic) bond motifs is 1. The topological polar surface area (TPSA) is 38.9 Å². The van der Waals surface area contributed by atoms with Gasteiger partial charge in [0.25, 0.3) is 0 Å². The maximum Gasteiger partial charge on any atom is 0.0817 e. The third-order valence-electron chi connectivity index (χ3n) is 1.80. The van der Waals surface area contributed by atoms with Gasteiger partial charge in [-0.2, -0.15) is 0 Å². The van der Waals surface area contributed by atoms with Crippen LogP contribution >= 0.6 is 11.3 Å². The second-order valence-corrected chi connectivity index (χ2v) is 3.60. The standard InChI is InChI=1S/C10H10N2S/c11-5-1-2-8-3-4-10-9(6-8)12-7-13-10/h1-4,6-7H,5,11H2/b2-1+. The van der Waals surface area contributed by atoms with Crippen molar-refractivity contribution in [1.29, 1.82) is 0 Å². The molecule has 2 nitrogen and oxygen atoms in total. The summed E-state index contributed by atoms with van der Waals surface area (Å²) < 4.78 is 1.23. The average molecular weight is 190 g/mol. The molecule has 0 aliphatic heterocycles. The minimum absolute atomic E-state index is 0.578. The van der Waals surface area contributed by atoms with Crippen LogP contribution in [0.3, 0.4) is 0 Å². The molecular formula is C10H10N2S. The third kappa shape index (κ3) is 1.76. The molecule has 0 saturated heterocycles. The molecule has 0 fully saturated rings. The molecule has 66 valence electrons. The van der Waals surface area contributed by atoms with Crippen LogP contribution in [0.4, 0.5) is 0 Å². The van der Waals surface area contributed by atoms with Crippen LogP contribution in [-0.2, 0) is 0 Å². The van der Waals surface area contributed by atoms with Gasteiger partial charge in [-0.1, -0.05) is 18.2 Å². The predicted octanol–water partition coefficient (Wildman–Crippen LogP) is 2.27. The van der Waals surface area contributed by atoms with Crippen molar-refractivity contribution in [2.45, 2.75) is 0 Å². The van der Waals surface area contributed by atoms with Crippen LogP contribution in [0.5, 0.6) is 0 Å². The zero-order chi connectivity index (χ0) is 9.10. The summed E-state index contributed by atoms with van der Waals surface area (Å²) in [4.78, 5) is 4.24. The number of benzene rings is 1. The van der Waals surface area contributed by atoms with Gasteiger partial charge in [-0.25, -0.2) is 4.98 Å². The van der Waals surface area contributed by atoms with Gasteiger partial charge in [-0.05, 0) is 17.7 Å². The van der Waals surface area contributed by atoms with Crippen LogP contribution in [0.15, 0.2) is 29.8 Å². The molecule has 0 atom stereocenters.